The van der Waals surface area contributed by atoms with E-state index in [1.54, 1.807) is 6.07 Å². The third kappa shape index (κ3) is 6.26. The first-order valence-electron chi connectivity index (χ1n) is 11.5. The Bertz CT molecular complexity index is 1170. The summed E-state index contributed by atoms with van der Waals surface area (Å²) in [6, 6.07) is 13.1. The number of hydrogen-bond donors (Lipinski definition) is 2. The second-order valence-electron chi connectivity index (χ2n) is 8.80. The van der Waals surface area contributed by atoms with Crippen LogP contribution in [0.15, 0.2) is 47.6 Å². The lowest BCUT2D eigenvalue weighted by atomic mass is 10.0. The highest BCUT2D eigenvalue weighted by Crippen LogP contribution is 2.26. The lowest BCUT2D eigenvalue weighted by Gasteiger charge is -2.22. The highest BCUT2D eigenvalue weighted by Gasteiger charge is 2.26. The molecule has 1 atom stereocenters. The number of carbonyl (C=O) groups is 2. The fourth-order valence-electron chi connectivity index (χ4n) is 3.74. The molecule has 34 heavy (non-hydrogen) atoms. The summed E-state index contributed by atoms with van der Waals surface area (Å²) in [6.07, 6.45) is 0. The van der Waals surface area contributed by atoms with Crippen molar-refractivity contribution in [3.8, 4) is 0 Å². The molecule has 1 unspecified atom stereocenters. The van der Waals surface area contributed by atoms with Gasteiger partial charge in [0.25, 0.3) is 5.91 Å². The van der Waals surface area contributed by atoms with Crippen LogP contribution in [0.4, 0.5) is 5.69 Å². The van der Waals surface area contributed by atoms with Crippen LogP contribution in [-0.4, -0.2) is 32.3 Å². The van der Waals surface area contributed by atoms with Crippen LogP contribution in [0.3, 0.4) is 0 Å². The monoisotopic (exact) mass is 479 g/mol. The molecule has 1 aromatic heterocycles. The topological polar surface area (TPSA) is 88.9 Å². The molecule has 0 aliphatic carbocycles. The van der Waals surface area contributed by atoms with E-state index in [4.69, 9.17) is 0 Å². The van der Waals surface area contributed by atoms with Crippen LogP contribution in [0, 0.1) is 26.7 Å². The first kappa shape index (κ1) is 25.5. The van der Waals surface area contributed by atoms with Crippen LogP contribution < -0.4 is 10.6 Å². The van der Waals surface area contributed by atoms with E-state index < -0.39 is 0 Å². The average molecular weight is 480 g/mol. The normalized spacial score (nSPS) is 12.0. The van der Waals surface area contributed by atoms with Crippen molar-refractivity contribution in [2.45, 2.75) is 59.3 Å². The number of nitrogens with one attached hydrogen (secondary N) is 2. The molecule has 0 fully saturated rings. The zero-order chi connectivity index (χ0) is 24.8. The fourth-order valence-corrected chi connectivity index (χ4v) is 4.55. The number of anilines is 1. The number of amides is 2. The number of hydrogen-bond acceptors (Lipinski definition) is 5. The molecular formula is C26H33N5O2S. The van der Waals surface area contributed by atoms with Gasteiger partial charge in [0.2, 0.25) is 5.91 Å². The molecule has 2 amide bonds. The van der Waals surface area contributed by atoms with Gasteiger partial charge in [-0.05, 0) is 57.4 Å². The van der Waals surface area contributed by atoms with Crippen molar-refractivity contribution in [1.82, 2.24) is 20.1 Å². The predicted molar refractivity (Wildman–Crippen MR) is 137 cm³/mol. The largest absolute Gasteiger partial charge is 0.342 e. The van der Waals surface area contributed by atoms with E-state index >= 15 is 0 Å². The van der Waals surface area contributed by atoms with Crippen molar-refractivity contribution in [3.05, 3.63) is 70.5 Å². The molecule has 2 N–H and O–H groups in total. The lowest BCUT2D eigenvalue weighted by Crippen LogP contribution is -2.33. The Hall–Kier alpha value is -3.13. The van der Waals surface area contributed by atoms with E-state index in [-0.39, 0.29) is 29.5 Å². The van der Waals surface area contributed by atoms with Crippen LogP contribution >= 0.6 is 11.8 Å². The molecular weight excluding hydrogens is 446 g/mol. The zero-order valence-corrected chi connectivity index (χ0v) is 21.5. The van der Waals surface area contributed by atoms with Gasteiger partial charge in [0.15, 0.2) is 11.0 Å². The van der Waals surface area contributed by atoms with Gasteiger partial charge >= 0.3 is 0 Å². The third-order valence-electron chi connectivity index (χ3n) is 5.56. The number of rotatable bonds is 9. The Kier molecular flexibility index (Phi) is 8.50. The maximum atomic E-state index is 12.9. The average Bonchev–Trinajstić information content (AvgIpc) is 3.20. The van der Waals surface area contributed by atoms with Gasteiger partial charge in [-0.3, -0.25) is 9.59 Å². The quantitative estimate of drug-likeness (QED) is 0.418. The second-order valence-corrected chi connectivity index (χ2v) is 9.75. The van der Waals surface area contributed by atoms with E-state index in [0.29, 0.717) is 23.1 Å². The summed E-state index contributed by atoms with van der Waals surface area (Å²) in [5.74, 6) is 0.769. The van der Waals surface area contributed by atoms with Gasteiger partial charge < -0.3 is 15.2 Å². The Morgan fingerprint density at radius 2 is 1.76 bits per heavy atom. The van der Waals surface area contributed by atoms with Crippen LogP contribution in [0.25, 0.3) is 0 Å². The Morgan fingerprint density at radius 3 is 2.41 bits per heavy atom. The van der Waals surface area contributed by atoms with Gasteiger partial charge in [0, 0.05) is 17.8 Å². The maximum Gasteiger partial charge on any atom is 0.251 e. The Morgan fingerprint density at radius 1 is 1.03 bits per heavy atom. The minimum absolute atomic E-state index is 0.0997. The van der Waals surface area contributed by atoms with Crippen LogP contribution in [0.5, 0.6) is 0 Å². The molecule has 3 aromatic rings. The summed E-state index contributed by atoms with van der Waals surface area (Å²) in [5, 5.41) is 15.5. The van der Waals surface area contributed by atoms with Gasteiger partial charge in [-0.25, -0.2) is 0 Å². The number of aromatic nitrogens is 3. The van der Waals surface area contributed by atoms with E-state index in [1.807, 2.05) is 82.5 Å². The lowest BCUT2D eigenvalue weighted by molar-refractivity contribution is -0.113. The van der Waals surface area contributed by atoms with E-state index in [2.05, 4.69) is 20.8 Å². The number of thioether (sulfide) groups is 1. The fraction of sp³-hybridized carbons (Fsp3) is 0.385. The zero-order valence-electron chi connectivity index (χ0n) is 20.7. The highest BCUT2D eigenvalue weighted by molar-refractivity contribution is 7.99. The van der Waals surface area contributed by atoms with E-state index in [1.165, 1.54) is 11.8 Å². The summed E-state index contributed by atoms with van der Waals surface area (Å²) < 4.78 is 1.97. The minimum Gasteiger partial charge on any atom is -0.342 e. The number of carbonyl (C=O) groups excluding carboxylic acids is 2. The standard InChI is InChI=1S/C26H33N5O2S/c1-7-31-24(23(16(2)3)28-25(33)20-10-8-9-17(4)14-20)29-30-26(31)34-15-22(32)27-21-12-11-18(5)13-19(21)6/h8-14,16,23H,7,15H2,1-6H3,(H,27,32)(H,28,33). The minimum atomic E-state index is -0.307. The van der Waals surface area contributed by atoms with Gasteiger partial charge in [-0.2, -0.15) is 0 Å². The summed E-state index contributed by atoms with van der Waals surface area (Å²) in [5.41, 5.74) is 4.64. The van der Waals surface area contributed by atoms with Crippen LogP contribution in [-0.2, 0) is 11.3 Å². The molecule has 0 saturated heterocycles. The van der Waals surface area contributed by atoms with Gasteiger partial charge in [0.1, 0.15) is 0 Å². The molecule has 1 heterocycles. The van der Waals surface area contributed by atoms with Crippen molar-refractivity contribution in [2.75, 3.05) is 11.1 Å². The molecule has 0 aliphatic rings. The van der Waals surface area contributed by atoms with Crippen LogP contribution in [0.2, 0.25) is 0 Å². The van der Waals surface area contributed by atoms with Gasteiger partial charge in [0.05, 0.1) is 11.8 Å². The first-order chi connectivity index (χ1) is 16.2. The number of nitrogens with zero attached hydrogens (tertiary/aromatic N) is 3. The maximum absolute atomic E-state index is 12.9. The third-order valence-corrected chi connectivity index (χ3v) is 6.53. The molecule has 180 valence electrons. The first-order valence-corrected chi connectivity index (χ1v) is 12.5. The van der Waals surface area contributed by atoms with Gasteiger partial charge in [-0.1, -0.05) is 61.0 Å². The predicted octanol–water partition coefficient (Wildman–Crippen LogP) is 5.08. The van der Waals surface area contributed by atoms with Gasteiger partial charge in [-0.15, -0.1) is 10.2 Å². The molecule has 8 heteroatoms. The van der Waals surface area contributed by atoms with Crippen LogP contribution in [0.1, 0.15) is 59.7 Å². The Labute approximate surface area is 205 Å². The molecule has 0 aliphatic heterocycles. The summed E-state index contributed by atoms with van der Waals surface area (Å²) in [6.45, 7) is 12.7. The second kappa shape index (κ2) is 11.3. The molecule has 2 aromatic carbocycles. The van der Waals surface area contributed by atoms with Crippen molar-refractivity contribution in [1.29, 1.82) is 0 Å². The summed E-state index contributed by atoms with van der Waals surface area (Å²) in [7, 11) is 0. The van der Waals surface area contributed by atoms with E-state index in [9.17, 15) is 9.59 Å². The molecule has 7 nitrogen and oxygen atoms in total. The van der Waals surface area contributed by atoms with Crippen molar-refractivity contribution in [2.24, 2.45) is 5.92 Å². The smallest absolute Gasteiger partial charge is 0.251 e. The molecule has 0 radical (unpaired) electrons. The molecule has 0 bridgehead atoms. The highest BCUT2D eigenvalue weighted by atomic mass is 32.2. The SMILES string of the molecule is CCn1c(SCC(=O)Nc2ccc(C)cc2C)nnc1C(NC(=O)c1cccc(C)c1)C(C)C. The van der Waals surface area contributed by atoms with E-state index in [0.717, 1.165) is 22.4 Å². The molecule has 3 rings (SSSR count). The van der Waals surface area contributed by atoms with Crippen molar-refractivity contribution in [3.63, 3.8) is 0 Å². The van der Waals surface area contributed by atoms with Crippen molar-refractivity contribution >= 4 is 29.3 Å². The Balaban J connectivity index is 1.72. The summed E-state index contributed by atoms with van der Waals surface area (Å²) >= 11 is 1.34. The number of aryl methyl sites for hydroxylation is 3. The molecule has 0 spiro atoms. The molecule has 0 saturated carbocycles. The number of benzene rings is 2. The summed E-state index contributed by atoms with van der Waals surface area (Å²) in [4.78, 5) is 25.5. The van der Waals surface area contributed by atoms with Crippen molar-refractivity contribution < 1.29 is 9.59 Å².